The molecule has 201 valence electrons. The van der Waals surface area contributed by atoms with Crippen LogP contribution in [0.25, 0.3) is 0 Å². The van der Waals surface area contributed by atoms with Gasteiger partial charge in [-0.15, -0.1) is 0 Å². The molecule has 1 aromatic heterocycles. The Kier molecular flexibility index (Phi) is 18.4. The first-order chi connectivity index (χ1) is 15.9. The molecule has 0 aliphatic carbocycles. The van der Waals surface area contributed by atoms with E-state index in [2.05, 4.69) is 64.1 Å². The average molecular weight is 622 g/mol. The second-order valence-electron chi connectivity index (χ2n) is 8.21. The summed E-state index contributed by atoms with van der Waals surface area (Å²) in [5.74, 6) is 0. The van der Waals surface area contributed by atoms with Crippen molar-refractivity contribution in [1.29, 1.82) is 0 Å². The maximum atomic E-state index is 6.53. The molecule has 1 radical (unpaired) electrons. The molecule has 0 spiro atoms. The van der Waals surface area contributed by atoms with Gasteiger partial charge in [-0.05, 0) is 73.9 Å². The first-order valence-corrected chi connectivity index (χ1v) is 12.3. The van der Waals surface area contributed by atoms with Gasteiger partial charge in [0.05, 0.1) is 34.2 Å². The van der Waals surface area contributed by atoms with Gasteiger partial charge < -0.3 is 37.2 Å². The van der Waals surface area contributed by atoms with Crippen LogP contribution in [-0.2, 0) is 42.8 Å². The van der Waals surface area contributed by atoms with Crippen LogP contribution in [0.3, 0.4) is 0 Å². The third-order valence-electron chi connectivity index (χ3n) is 6.02. The second kappa shape index (κ2) is 18.0. The van der Waals surface area contributed by atoms with Crippen LogP contribution >= 0.6 is 11.6 Å². The molecule has 0 amide bonds. The largest absolute Gasteiger partial charge is 3.00 e. The fourth-order valence-electron chi connectivity index (χ4n) is 4.04. The Hall–Kier alpha value is -1.39. The molecule has 0 unspecified atom stereocenters. The van der Waals surface area contributed by atoms with Gasteiger partial charge in [0.25, 0.3) is 0 Å². The molecule has 0 saturated heterocycles. The number of nitrogens with zero attached hydrogens (tertiary/aromatic N) is 3. The number of hydrogen-bond donors (Lipinski definition) is 0. The molecule has 37 heavy (non-hydrogen) atoms. The van der Waals surface area contributed by atoms with Crippen molar-refractivity contribution in [2.24, 2.45) is 9.98 Å². The minimum Gasteiger partial charge on any atom is -1.00 e. The quantitative estimate of drug-likeness (QED) is 0.242. The molecule has 0 fully saturated rings. The summed E-state index contributed by atoms with van der Waals surface area (Å²) in [6, 6.07) is 16.6. The summed E-state index contributed by atoms with van der Waals surface area (Å²) in [4.78, 5) is 14.9. The van der Waals surface area contributed by atoms with E-state index < -0.39 is 0 Å². The fourth-order valence-corrected chi connectivity index (χ4v) is 4.24. The predicted octanol–water partition coefficient (Wildman–Crippen LogP) is -0.724. The van der Waals surface area contributed by atoms with Gasteiger partial charge in [0.15, 0.2) is 0 Å². The maximum absolute atomic E-state index is 6.53. The molecule has 1 heterocycles. The molecule has 3 aromatic rings. The monoisotopic (exact) mass is 620 g/mol. The molecule has 0 bridgehead atoms. The zero-order valence-electron chi connectivity index (χ0n) is 22.2. The Morgan fingerprint density at radius 1 is 0.649 bits per heavy atom. The van der Waals surface area contributed by atoms with Crippen molar-refractivity contribution in [2.45, 2.75) is 67.2 Å². The molecule has 3 nitrogen and oxygen atoms in total. The smallest absolute Gasteiger partial charge is 1.00 e. The minimum absolute atomic E-state index is 0. The Balaban J connectivity index is 0. The van der Waals surface area contributed by atoms with Gasteiger partial charge in [-0.3, -0.25) is 9.98 Å². The summed E-state index contributed by atoms with van der Waals surface area (Å²) in [5, 5.41) is 0.637. The van der Waals surface area contributed by atoms with Crippen molar-refractivity contribution in [3.05, 3.63) is 87.2 Å². The van der Waals surface area contributed by atoms with Crippen LogP contribution in [0.15, 0.2) is 58.5 Å². The number of aliphatic imine (C=N–C) groups is 2. The topological polar surface area (TPSA) is 37.6 Å². The summed E-state index contributed by atoms with van der Waals surface area (Å²) in [5.41, 5.74) is 10.4. The molecular formula is C29H34Cl4FeN3. The van der Waals surface area contributed by atoms with E-state index in [1.807, 2.05) is 26.0 Å². The van der Waals surface area contributed by atoms with Crippen molar-refractivity contribution >= 4 is 34.4 Å². The van der Waals surface area contributed by atoms with Crippen LogP contribution in [0.4, 0.5) is 11.4 Å². The number of pyridine rings is 1. The first kappa shape index (κ1) is 37.8. The number of hydrogen-bond acceptors (Lipinski definition) is 3. The van der Waals surface area contributed by atoms with Crippen LogP contribution < -0.4 is 37.2 Å². The average Bonchev–Trinajstić information content (AvgIpc) is 2.83. The summed E-state index contributed by atoms with van der Waals surface area (Å²) < 4.78 is 0. The zero-order chi connectivity index (χ0) is 24.0. The van der Waals surface area contributed by atoms with E-state index >= 15 is 0 Å². The van der Waals surface area contributed by atoms with Crippen LogP contribution in [-0.4, -0.2) is 16.4 Å². The van der Waals surface area contributed by atoms with Gasteiger partial charge in [-0.1, -0.05) is 75.7 Å². The van der Waals surface area contributed by atoms with E-state index in [4.69, 9.17) is 26.6 Å². The van der Waals surface area contributed by atoms with Crippen molar-refractivity contribution in [1.82, 2.24) is 4.98 Å². The fraction of sp³-hybridized carbons (Fsp3) is 0.345. The Morgan fingerprint density at radius 3 is 1.22 bits per heavy atom. The normalized spacial score (nSPS) is 11.0. The van der Waals surface area contributed by atoms with Gasteiger partial charge in [0, 0.05) is 5.02 Å². The molecular weight excluding hydrogens is 588 g/mol. The van der Waals surface area contributed by atoms with Crippen molar-refractivity contribution in [3.8, 4) is 0 Å². The molecule has 2 aromatic carbocycles. The number of aryl methyl sites for hydroxylation is 4. The van der Waals surface area contributed by atoms with E-state index in [9.17, 15) is 0 Å². The second-order valence-corrected chi connectivity index (χ2v) is 8.65. The molecule has 0 N–H and O–H groups in total. The van der Waals surface area contributed by atoms with Crippen LogP contribution in [0.2, 0.25) is 5.02 Å². The maximum Gasteiger partial charge on any atom is 3.00 e. The van der Waals surface area contributed by atoms with Gasteiger partial charge in [-0.25, -0.2) is 4.98 Å². The Bertz CT molecular complexity index is 1080. The van der Waals surface area contributed by atoms with E-state index in [-0.39, 0.29) is 54.3 Å². The summed E-state index contributed by atoms with van der Waals surface area (Å²) in [6.45, 7) is 12.7. The molecule has 0 atom stereocenters. The molecule has 8 heteroatoms. The van der Waals surface area contributed by atoms with E-state index in [0.717, 1.165) is 59.9 Å². The van der Waals surface area contributed by atoms with Gasteiger partial charge >= 0.3 is 17.1 Å². The SMILES string of the molecule is CCc1cccc(CC)c1N=C(C)c1cc(Cl)cc(C(C)=Nc2c(CC)cccc2CC)n1.[Cl-].[Cl-].[Cl-].[Fe+3]. The summed E-state index contributed by atoms with van der Waals surface area (Å²) >= 11 is 6.53. The van der Waals surface area contributed by atoms with E-state index in [0.29, 0.717) is 5.02 Å². The van der Waals surface area contributed by atoms with Crippen molar-refractivity contribution in [3.63, 3.8) is 0 Å². The molecule has 3 rings (SSSR count). The minimum atomic E-state index is 0. The van der Waals surface area contributed by atoms with Crippen LogP contribution in [0.5, 0.6) is 0 Å². The van der Waals surface area contributed by atoms with E-state index in [1.165, 1.54) is 22.3 Å². The Labute approximate surface area is 256 Å². The van der Waals surface area contributed by atoms with Gasteiger partial charge in [-0.2, -0.15) is 0 Å². The summed E-state index contributed by atoms with van der Waals surface area (Å²) in [7, 11) is 0. The number of aromatic nitrogens is 1. The first-order valence-electron chi connectivity index (χ1n) is 11.9. The van der Waals surface area contributed by atoms with Crippen molar-refractivity contribution in [2.75, 3.05) is 0 Å². The van der Waals surface area contributed by atoms with Gasteiger partial charge in [0.1, 0.15) is 0 Å². The summed E-state index contributed by atoms with van der Waals surface area (Å²) in [6.07, 6.45) is 3.76. The van der Waals surface area contributed by atoms with Crippen LogP contribution in [0.1, 0.15) is 75.2 Å². The molecule has 0 saturated carbocycles. The standard InChI is InChI=1S/C29H34ClN3.3ClH.Fe/c1-7-21-13-11-14-22(8-2)28(21)31-19(5)26-17-25(30)18-27(33-26)20(6)32-29-23(9-3)15-12-16-24(29)10-4;;;;/h11-18H,7-10H2,1-6H3;3*1H;/q;;;;+3/p-3. The van der Waals surface area contributed by atoms with Crippen molar-refractivity contribution < 1.29 is 54.3 Å². The van der Waals surface area contributed by atoms with E-state index in [1.54, 1.807) is 0 Å². The Morgan fingerprint density at radius 2 is 0.946 bits per heavy atom. The number of rotatable bonds is 8. The molecule has 0 aliphatic rings. The number of para-hydroxylation sites is 2. The number of benzene rings is 2. The zero-order valence-corrected chi connectivity index (χ0v) is 26.3. The predicted molar refractivity (Wildman–Crippen MR) is 143 cm³/mol. The molecule has 0 aliphatic heterocycles. The van der Waals surface area contributed by atoms with Crippen LogP contribution in [0, 0.1) is 0 Å². The third-order valence-corrected chi connectivity index (χ3v) is 6.24. The third kappa shape index (κ3) is 9.39. The van der Waals surface area contributed by atoms with Gasteiger partial charge in [0.2, 0.25) is 0 Å². The number of halogens is 4.